The highest BCUT2D eigenvalue weighted by Gasteiger charge is 2.21. The number of fused-ring (bicyclic) bond motifs is 1. The second-order valence-electron chi connectivity index (χ2n) is 11.2. The Morgan fingerprint density at radius 2 is 1.53 bits per heavy atom. The van der Waals surface area contributed by atoms with E-state index in [9.17, 15) is 4.79 Å². The Hall–Kier alpha value is -3.84. The average Bonchev–Trinajstić information content (AvgIpc) is 3.50. The van der Waals surface area contributed by atoms with Crippen molar-refractivity contribution < 1.29 is 14.3 Å². The van der Waals surface area contributed by atoms with E-state index in [1.54, 1.807) is 25.6 Å². The lowest BCUT2D eigenvalue weighted by Crippen LogP contribution is -2.34. The van der Waals surface area contributed by atoms with Gasteiger partial charge >= 0.3 is 0 Å². The quantitative estimate of drug-likeness (QED) is 0.185. The zero-order valence-corrected chi connectivity index (χ0v) is 27.5. The highest BCUT2D eigenvalue weighted by Crippen LogP contribution is 2.32. The lowest BCUT2D eigenvalue weighted by Gasteiger charge is -2.30. The predicted octanol–water partition coefficient (Wildman–Crippen LogP) is 5.67. The SMILES string of the molecule is COc1ccc(CCNC(=O)CSc2nc3ccc(Nc4nc(N5CCCCC5)nc(N5CCCCC5)n4)cc3s2)cc1OC. The molecule has 2 aliphatic rings. The first-order chi connectivity index (χ1) is 22.1. The van der Waals surface area contributed by atoms with Crippen molar-refractivity contribution in [1.82, 2.24) is 25.3 Å². The highest BCUT2D eigenvalue weighted by molar-refractivity contribution is 8.01. The first-order valence-electron chi connectivity index (χ1n) is 15.6. The van der Waals surface area contributed by atoms with Gasteiger partial charge in [-0.1, -0.05) is 17.8 Å². The van der Waals surface area contributed by atoms with E-state index in [0.717, 1.165) is 89.6 Å². The number of hydrogen-bond acceptors (Lipinski definition) is 12. The van der Waals surface area contributed by atoms with Gasteiger partial charge in [-0.25, -0.2) is 4.98 Å². The molecule has 0 radical (unpaired) electrons. The summed E-state index contributed by atoms with van der Waals surface area (Å²) in [5.41, 5.74) is 2.87. The number of rotatable bonds is 12. The molecule has 1 amide bonds. The van der Waals surface area contributed by atoms with E-state index >= 15 is 0 Å². The van der Waals surface area contributed by atoms with Gasteiger partial charge in [-0.3, -0.25) is 4.79 Å². The van der Waals surface area contributed by atoms with Gasteiger partial charge in [0.05, 0.1) is 30.2 Å². The first-order valence-corrected chi connectivity index (χ1v) is 17.4. The number of anilines is 4. The number of thioether (sulfide) groups is 1. The van der Waals surface area contributed by atoms with E-state index in [4.69, 9.17) is 29.4 Å². The standard InChI is InChI=1S/C32H40N8O3S2/c1-42-25-12-9-22(19-26(25)43-2)13-14-33-28(41)21-44-32-35-24-11-10-23(20-27(24)45-32)34-29-36-30(39-15-5-3-6-16-39)38-31(37-29)40-17-7-4-8-18-40/h9-12,19-20H,3-8,13-18,21H2,1-2H3,(H,33,41)(H,34,36,37,38). The third-order valence-electron chi connectivity index (χ3n) is 8.03. The number of carbonyl (C=O) groups is 1. The summed E-state index contributed by atoms with van der Waals surface area (Å²) in [5.74, 6) is 3.74. The van der Waals surface area contributed by atoms with Crippen LogP contribution in [0.5, 0.6) is 11.5 Å². The number of methoxy groups -OCH3 is 2. The fourth-order valence-electron chi connectivity index (χ4n) is 5.61. The molecule has 0 saturated carbocycles. The second kappa shape index (κ2) is 15.0. The molecule has 0 atom stereocenters. The van der Waals surface area contributed by atoms with Crippen LogP contribution in [0.15, 0.2) is 40.7 Å². The molecule has 0 spiro atoms. The summed E-state index contributed by atoms with van der Waals surface area (Å²) >= 11 is 3.03. The van der Waals surface area contributed by atoms with Crippen LogP contribution in [-0.2, 0) is 11.2 Å². The smallest absolute Gasteiger partial charge is 0.233 e. The molecule has 2 aliphatic heterocycles. The van der Waals surface area contributed by atoms with Crippen LogP contribution in [-0.4, -0.2) is 78.5 Å². The number of piperidine rings is 2. The van der Waals surface area contributed by atoms with Crippen LogP contribution < -0.4 is 29.9 Å². The topological polar surface area (TPSA) is 118 Å². The van der Waals surface area contributed by atoms with Crippen molar-refractivity contribution >= 4 is 62.8 Å². The Labute approximate surface area is 272 Å². The van der Waals surface area contributed by atoms with Gasteiger partial charge in [-0.15, -0.1) is 11.3 Å². The first kappa shape index (κ1) is 31.2. The number of thiazole rings is 1. The van der Waals surface area contributed by atoms with Gasteiger partial charge in [0.2, 0.25) is 23.8 Å². The molecule has 2 aromatic carbocycles. The number of nitrogens with zero attached hydrogens (tertiary/aromatic N) is 6. The number of aromatic nitrogens is 4. The Kier molecular flexibility index (Phi) is 10.4. The summed E-state index contributed by atoms with van der Waals surface area (Å²) in [4.78, 5) is 36.4. The normalized spacial score (nSPS) is 15.2. The summed E-state index contributed by atoms with van der Waals surface area (Å²) in [6.45, 7) is 4.45. The third-order valence-corrected chi connectivity index (χ3v) is 10.2. The molecule has 0 unspecified atom stereocenters. The monoisotopic (exact) mass is 648 g/mol. The largest absolute Gasteiger partial charge is 0.493 e. The molecular formula is C32H40N8O3S2. The number of hydrogen-bond donors (Lipinski definition) is 2. The minimum absolute atomic E-state index is 0.0223. The summed E-state index contributed by atoms with van der Waals surface area (Å²) in [5, 5.41) is 6.45. The molecule has 2 saturated heterocycles. The molecule has 45 heavy (non-hydrogen) atoms. The molecule has 2 N–H and O–H groups in total. The van der Waals surface area contributed by atoms with Gasteiger partial charge in [0, 0.05) is 38.4 Å². The van der Waals surface area contributed by atoms with Crippen LogP contribution in [0.4, 0.5) is 23.5 Å². The molecule has 11 nitrogen and oxygen atoms in total. The molecule has 2 aromatic heterocycles. The van der Waals surface area contributed by atoms with Gasteiger partial charge in [0.25, 0.3) is 0 Å². The number of benzene rings is 2. The summed E-state index contributed by atoms with van der Waals surface area (Å²) in [6, 6.07) is 11.9. The number of ether oxygens (including phenoxy) is 2. The van der Waals surface area contributed by atoms with E-state index in [0.29, 0.717) is 36.2 Å². The third kappa shape index (κ3) is 8.06. The maximum Gasteiger partial charge on any atom is 0.233 e. The summed E-state index contributed by atoms with van der Waals surface area (Å²) < 4.78 is 12.6. The number of nitrogens with one attached hydrogen (secondary N) is 2. The number of amides is 1. The minimum atomic E-state index is -0.0223. The molecule has 238 valence electrons. The van der Waals surface area contributed by atoms with Crippen LogP contribution in [0, 0.1) is 0 Å². The second-order valence-corrected chi connectivity index (χ2v) is 13.5. The molecule has 6 rings (SSSR count). The van der Waals surface area contributed by atoms with Crippen LogP contribution in [0.1, 0.15) is 44.1 Å². The molecule has 4 aromatic rings. The van der Waals surface area contributed by atoms with Gasteiger partial charge < -0.3 is 29.9 Å². The van der Waals surface area contributed by atoms with Gasteiger partial charge in [-0.05, 0) is 80.8 Å². The zero-order chi connectivity index (χ0) is 31.0. The van der Waals surface area contributed by atoms with Crippen molar-refractivity contribution in [1.29, 1.82) is 0 Å². The van der Waals surface area contributed by atoms with E-state index in [1.165, 1.54) is 24.6 Å². The molecule has 13 heteroatoms. The molecule has 0 aliphatic carbocycles. The van der Waals surface area contributed by atoms with Crippen LogP contribution in [0.2, 0.25) is 0 Å². The summed E-state index contributed by atoms with van der Waals surface area (Å²) in [7, 11) is 3.23. The van der Waals surface area contributed by atoms with E-state index in [2.05, 4.69) is 26.5 Å². The van der Waals surface area contributed by atoms with E-state index in [-0.39, 0.29) is 5.91 Å². The zero-order valence-electron chi connectivity index (χ0n) is 25.9. The lowest BCUT2D eigenvalue weighted by molar-refractivity contribution is -0.118. The lowest BCUT2D eigenvalue weighted by atomic mass is 10.1. The predicted molar refractivity (Wildman–Crippen MR) is 182 cm³/mol. The minimum Gasteiger partial charge on any atom is -0.493 e. The van der Waals surface area contributed by atoms with Crippen molar-refractivity contribution in [2.24, 2.45) is 0 Å². The Morgan fingerprint density at radius 3 is 2.20 bits per heavy atom. The van der Waals surface area contributed by atoms with E-state index in [1.807, 2.05) is 30.3 Å². The fraction of sp³-hybridized carbons (Fsp3) is 0.469. The van der Waals surface area contributed by atoms with Gasteiger partial charge in [0.1, 0.15) is 0 Å². The van der Waals surface area contributed by atoms with E-state index < -0.39 is 0 Å². The molecule has 4 heterocycles. The maximum absolute atomic E-state index is 12.6. The van der Waals surface area contributed by atoms with Crippen molar-refractivity contribution in [2.45, 2.75) is 49.3 Å². The Morgan fingerprint density at radius 1 is 0.844 bits per heavy atom. The van der Waals surface area contributed by atoms with Crippen molar-refractivity contribution in [3.05, 3.63) is 42.0 Å². The van der Waals surface area contributed by atoms with Crippen molar-refractivity contribution in [3.8, 4) is 11.5 Å². The molecular weight excluding hydrogens is 609 g/mol. The van der Waals surface area contributed by atoms with Crippen molar-refractivity contribution in [3.63, 3.8) is 0 Å². The maximum atomic E-state index is 12.6. The fourth-order valence-corrected chi connectivity index (χ4v) is 7.55. The van der Waals surface area contributed by atoms with Gasteiger partial charge in [0.15, 0.2) is 15.8 Å². The van der Waals surface area contributed by atoms with Crippen LogP contribution in [0.3, 0.4) is 0 Å². The summed E-state index contributed by atoms with van der Waals surface area (Å²) in [6.07, 6.45) is 7.87. The average molecular weight is 649 g/mol. The molecule has 0 bridgehead atoms. The van der Waals surface area contributed by atoms with Crippen molar-refractivity contribution in [2.75, 3.05) is 67.8 Å². The van der Waals surface area contributed by atoms with Crippen LogP contribution >= 0.6 is 23.1 Å². The molecule has 2 fully saturated rings. The van der Waals surface area contributed by atoms with Gasteiger partial charge in [-0.2, -0.15) is 15.0 Å². The Balaban J connectivity index is 1.07. The van der Waals surface area contributed by atoms with Crippen LogP contribution in [0.25, 0.3) is 10.2 Å². The number of carbonyl (C=O) groups excluding carboxylic acids is 1. The Bertz CT molecular complexity index is 1570. The highest BCUT2D eigenvalue weighted by atomic mass is 32.2.